The van der Waals surface area contributed by atoms with Crippen molar-refractivity contribution in [1.82, 2.24) is 0 Å². The maximum atomic E-state index is 5.10. The van der Waals surface area contributed by atoms with Gasteiger partial charge < -0.3 is 0 Å². The van der Waals surface area contributed by atoms with Crippen LogP contribution >= 0.6 is 0 Å². The minimum Gasteiger partial charge on any atom is -0.253 e. The number of rotatable bonds is 4. The highest BCUT2D eigenvalue weighted by atomic mass is 14.8. The van der Waals surface area contributed by atoms with E-state index < -0.39 is 0 Å². The van der Waals surface area contributed by atoms with Crippen molar-refractivity contribution < 1.29 is 0 Å². The lowest BCUT2D eigenvalue weighted by molar-refractivity contribution is 0.565. The monoisotopic (exact) mass is 297 g/mol. The molecule has 1 aliphatic heterocycles. The molecule has 120 valence electrons. The Balaban J connectivity index is 2.48. The summed E-state index contributed by atoms with van der Waals surface area (Å²) in [6.45, 7) is 9.10. The van der Waals surface area contributed by atoms with Gasteiger partial charge in [-0.3, -0.25) is 4.99 Å². The van der Waals surface area contributed by atoms with E-state index in [0.717, 1.165) is 12.8 Å². The van der Waals surface area contributed by atoms with Gasteiger partial charge in [0.1, 0.15) is 0 Å². The highest BCUT2D eigenvalue weighted by Gasteiger charge is 2.17. The zero-order valence-electron chi connectivity index (χ0n) is 14.7. The van der Waals surface area contributed by atoms with Crippen molar-refractivity contribution in [2.45, 2.75) is 72.1 Å². The van der Waals surface area contributed by atoms with Crippen LogP contribution in [-0.2, 0) is 6.42 Å². The fourth-order valence-corrected chi connectivity index (χ4v) is 3.27. The van der Waals surface area contributed by atoms with Crippen LogP contribution in [0.3, 0.4) is 0 Å². The van der Waals surface area contributed by atoms with E-state index >= 15 is 0 Å². The van der Waals surface area contributed by atoms with E-state index in [4.69, 9.17) is 4.99 Å². The number of aryl methyl sites for hydroxylation is 1. The third-order valence-electron chi connectivity index (χ3n) is 4.72. The van der Waals surface area contributed by atoms with E-state index in [1.54, 1.807) is 0 Å². The topological polar surface area (TPSA) is 12.4 Å². The lowest BCUT2D eigenvalue weighted by Crippen LogP contribution is -2.07. The standard InChI is InChI=1S/C21H31N/c1-5-7-12-20-17(4)11-8-10-16(3)19-14-13-18(9-6-2)15-21(19)22-20/h7,12-17H,5-6,8-11H2,1-4H3/b12-7-,22-20?. The smallest absolute Gasteiger partial charge is 0.0670 e. The molecular formula is C21H31N. The van der Waals surface area contributed by atoms with Gasteiger partial charge in [0, 0.05) is 5.71 Å². The second-order valence-corrected chi connectivity index (χ2v) is 6.72. The largest absolute Gasteiger partial charge is 0.253 e. The van der Waals surface area contributed by atoms with Crippen molar-refractivity contribution in [2.75, 3.05) is 0 Å². The summed E-state index contributed by atoms with van der Waals surface area (Å²) in [7, 11) is 0. The first-order chi connectivity index (χ1) is 10.7. The summed E-state index contributed by atoms with van der Waals surface area (Å²) >= 11 is 0. The Morgan fingerprint density at radius 1 is 1.14 bits per heavy atom. The average Bonchev–Trinajstić information content (AvgIpc) is 2.56. The van der Waals surface area contributed by atoms with Crippen molar-refractivity contribution in [1.29, 1.82) is 0 Å². The molecule has 0 spiro atoms. The summed E-state index contributed by atoms with van der Waals surface area (Å²) in [5.41, 5.74) is 5.31. The molecule has 0 N–H and O–H groups in total. The van der Waals surface area contributed by atoms with Crippen LogP contribution < -0.4 is 0 Å². The second-order valence-electron chi connectivity index (χ2n) is 6.72. The molecule has 1 heteroatoms. The summed E-state index contributed by atoms with van der Waals surface area (Å²) in [5, 5.41) is 0. The molecule has 2 rings (SSSR count). The molecule has 1 heterocycles. The van der Waals surface area contributed by atoms with Gasteiger partial charge in [-0.2, -0.15) is 0 Å². The summed E-state index contributed by atoms with van der Waals surface area (Å²) in [6, 6.07) is 6.95. The Morgan fingerprint density at radius 3 is 2.64 bits per heavy atom. The molecule has 0 amide bonds. The Kier molecular flexibility index (Phi) is 6.42. The number of aliphatic imine (C=N–C) groups is 1. The third kappa shape index (κ3) is 4.32. The highest BCUT2D eigenvalue weighted by Crippen LogP contribution is 2.34. The molecule has 1 aromatic rings. The number of allylic oxidation sites excluding steroid dienone is 2. The van der Waals surface area contributed by atoms with Gasteiger partial charge in [-0.25, -0.2) is 0 Å². The van der Waals surface area contributed by atoms with Crippen LogP contribution in [-0.4, -0.2) is 5.71 Å². The zero-order valence-corrected chi connectivity index (χ0v) is 14.7. The number of benzene rings is 1. The minimum absolute atomic E-state index is 0.552. The summed E-state index contributed by atoms with van der Waals surface area (Å²) in [6.07, 6.45) is 11.7. The van der Waals surface area contributed by atoms with E-state index in [2.05, 4.69) is 58.0 Å². The van der Waals surface area contributed by atoms with Gasteiger partial charge in [-0.1, -0.05) is 58.7 Å². The molecule has 22 heavy (non-hydrogen) atoms. The van der Waals surface area contributed by atoms with Gasteiger partial charge in [-0.05, 0) is 60.8 Å². The molecule has 1 nitrogen and oxygen atoms in total. The maximum Gasteiger partial charge on any atom is 0.0670 e. The van der Waals surface area contributed by atoms with Gasteiger partial charge in [0.25, 0.3) is 0 Å². The first-order valence-electron chi connectivity index (χ1n) is 9.03. The fourth-order valence-electron chi connectivity index (χ4n) is 3.27. The molecular weight excluding hydrogens is 266 g/mol. The van der Waals surface area contributed by atoms with Crippen LogP contribution in [0.15, 0.2) is 35.3 Å². The lowest BCUT2D eigenvalue weighted by atomic mass is 9.91. The first kappa shape index (κ1) is 17.0. The van der Waals surface area contributed by atoms with E-state index in [9.17, 15) is 0 Å². The first-order valence-corrected chi connectivity index (χ1v) is 9.03. The number of fused-ring (bicyclic) bond motifs is 1. The number of nitrogens with zero attached hydrogens (tertiary/aromatic N) is 1. The molecule has 0 saturated carbocycles. The van der Waals surface area contributed by atoms with Gasteiger partial charge >= 0.3 is 0 Å². The fraction of sp³-hybridized carbons (Fsp3) is 0.571. The van der Waals surface area contributed by atoms with Crippen molar-refractivity contribution in [3.63, 3.8) is 0 Å². The SMILES string of the molecule is CC/C=C\C1=Nc2cc(CCC)ccc2C(C)CCCC1C. The van der Waals surface area contributed by atoms with Gasteiger partial charge in [-0.15, -0.1) is 0 Å². The predicted molar refractivity (Wildman–Crippen MR) is 98.4 cm³/mol. The highest BCUT2D eigenvalue weighted by molar-refractivity contribution is 5.98. The number of hydrogen-bond acceptors (Lipinski definition) is 1. The van der Waals surface area contributed by atoms with Crippen LogP contribution in [0.1, 0.15) is 76.8 Å². The average molecular weight is 297 g/mol. The van der Waals surface area contributed by atoms with Crippen molar-refractivity contribution in [3.8, 4) is 0 Å². The Hall–Kier alpha value is -1.37. The third-order valence-corrected chi connectivity index (χ3v) is 4.72. The van der Waals surface area contributed by atoms with Crippen LogP contribution in [0.5, 0.6) is 0 Å². The zero-order chi connectivity index (χ0) is 15.9. The molecule has 0 aliphatic carbocycles. The molecule has 0 aromatic heterocycles. The summed E-state index contributed by atoms with van der Waals surface area (Å²) in [4.78, 5) is 5.10. The van der Waals surface area contributed by atoms with E-state index in [1.165, 1.54) is 48.2 Å². The van der Waals surface area contributed by atoms with Gasteiger partial charge in [0.2, 0.25) is 0 Å². The van der Waals surface area contributed by atoms with Gasteiger partial charge in [0.05, 0.1) is 5.69 Å². The summed E-state index contributed by atoms with van der Waals surface area (Å²) < 4.78 is 0. The van der Waals surface area contributed by atoms with Crippen LogP contribution in [0, 0.1) is 5.92 Å². The lowest BCUT2D eigenvalue weighted by Gasteiger charge is -2.14. The molecule has 2 unspecified atom stereocenters. The van der Waals surface area contributed by atoms with Crippen molar-refractivity contribution in [3.05, 3.63) is 41.5 Å². The van der Waals surface area contributed by atoms with Crippen LogP contribution in [0.25, 0.3) is 0 Å². The van der Waals surface area contributed by atoms with E-state index in [1.807, 2.05) is 0 Å². The van der Waals surface area contributed by atoms with E-state index in [0.29, 0.717) is 11.8 Å². The van der Waals surface area contributed by atoms with Crippen molar-refractivity contribution in [2.24, 2.45) is 10.9 Å². The molecule has 1 aromatic carbocycles. The Morgan fingerprint density at radius 2 is 1.91 bits per heavy atom. The molecule has 0 saturated heterocycles. The molecule has 2 atom stereocenters. The van der Waals surface area contributed by atoms with Crippen LogP contribution in [0.4, 0.5) is 5.69 Å². The van der Waals surface area contributed by atoms with Crippen molar-refractivity contribution >= 4 is 11.4 Å². The minimum atomic E-state index is 0.552. The van der Waals surface area contributed by atoms with Gasteiger partial charge in [0.15, 0.2) is 0 Å². The molecule has 1 aliphatic rings. The maximum absolute atomic E-state index is 5.10. The predicted octanol–water partition coefficient (Wildman–Crippen LogP) is 6.60. The number of hydrogen-bond donors (Lipinski definition) is 0. The van der Waals surface area contributed by atoms with E-state index in [-0.39, 0.29) is 0 Å². The van der Waals surface area contributed by atoms with Crippen LogP contribution in [0.2, 0.25) is 0 Å². The molecule has 0 bridgehead atoms. The normalized spacial score (nSPS) is 22.6. The molecule has 0 radical (unpaired) electrons. The Bertz CT molecular complexity index is 539. The molecule has 0 fully saturated rings. The quantitative estimate of drug-likeness (QED) is 0.593. The summed E-state index contributed by atoms with van der Waals surface area (Å²) in [5.74, 6) is 1.16. The second kappa shape index (κ2) is 8.31. The Labute approximate surface area is 136 Å².